The minimum atomic E-state index is -1.51. The zero-order valence-corrected chi connectivity index (χ0v) is 9.42. The van der Waals surface area contributed by atoms with Gasteiger partial charge in [0, 0.05) is 11.1 Å². The van der Waals surface area contributed by atoms with Crippen molar-refractivity contribution in [3.05, 3.63) is 71.3 Å². The Labute approximate surface area is 103 Å². The number of aliphatic hydroxyl groups is 2. The zero-order chi connectivity index (χ0) is 13.1. The molecule has 4 heteroatoms. The first-order valence-corrected chi connectivity index (χ1v) is 5.46. The van der Waals surface area contributed by atoms with Gasteiger partial charge in [-0.3, -0.25) is 0 Å². The topological polar surface area (TPSA) is 40.5 Å². The molecule has 2 aromatic rings. The Balaban J connectivity index is 2.33. The molecule has 0 aliphatic heterocycles. The minimum Gasteiger partial charge on any atom is -0.385 e. The fourth-order valence-electron chi connectivity index (χ4n) is 1.77. The average Bonchev–Trinajstić information content (AvgIpc) is 2.38. The molecule has 2 atom stereocenters. The third-order valence-electron chi connectivity index (χ3n) is 2.75. The highest BCUT2D eigenvalue weighted by atomic mass is 19.1. The molecule has 0 radical (unpaired) electrons. The standard InChI is InChI=1S/C14H12F2O2/c15-11-7-3-1-5-9(11)13(17)14(18)10-6-2-4-8-12(10)16/h1-8,13-14,17-18H. The van der Waals surface area contributed by atoms with Crippen LogP contribution in [0.25, 0.3) is 0 Å². The molecule has 2 N–H and O–H groups in total. The summed E-state index contributed by atoms with van der Waals surface area (Å²) in [5.41, 5.74) is -0.124. The number of benzene rings is 2. The lowest BCUT2D eigenvalue weighted by molar-refractivity contribution is 0.0130. The Morgan fingerprint density at radius 3 is 1.33 bits per heavy atom. The second kappa shape index (κ2) is 5.25. The van der Waals surface area contributed by atoms with Crippen molar-refractivity contribution in [1.82, 2.24) is 0 Å². The molecule has 2 aromatic carbocycles. The zero-order valence-electron chi connectivity index (χ0n) is 9.42. The van der Waals surface area contributed by atoms with Crippen molar-refractivity contribution < 1.29 is 19.0 Å². The van der Waals surface area contributed by atoms with E-state index >= 15 is 0 Å². The van der Waals surface area contributed by atoms with Gasteiger partial charge in [-0.1, -0.05) is 36.4 Å². The first-order chi connectivity index (χ1) is 8.61. The van der Waals surface area contributed by atoms with Gasteiger partial charge in [0.2, 0.25) is 0 Å². The molecule has 0 spiro atoms. The van der Waals surface area contributed by atoms with E-state index in [1.54, 1.807) is 0 Å². The van der Waals surface area contributed by atoms with E-state index < -0.39 is 23.8 Å². The summed E-state index contributed by atoms with van der Waals surface area (Å²) in [5.74, 6) is -1.28. The molecule has 0 fully saturated rings. The van der Waals surface area contributed by atoms with E-state index in [1.807, 2.05) is 0 Å². The summed E-state index contributed by atoms with van der Waals surface area (Å²) in [6.45, 7) is 0. The lowest BCUT2D eigenvalue weighted by Crippen LogP contribution is -2.13. The Bertz CT molecular complexity index is 493. The van der Waals surface area contributed by atoms with Gasteiger partial charge in [0.1, 0.15) is 23.8 Å². The minimum absolute atomic E-state index is 0.0618. The van der Waals surface area contributed by atoms with Gasteiger partial charge in [-0.25, -0.2) is 8.78 Å². The van der Waals surface area contributed by atoms with Crippen molar-refractivity contribution in [3.8, 4) is 0 Å². The summed E-state index contributed by atoms with van der Waals surface area (Å²) < 4.78 is 26.9. The van der Waals surface area contributed by atoms with Gasteiger partial charge in [-0.15, -0.1) is 0 Å². The predicted molar refractivity (Wildman–Crippen MR) is 62.7 cm³/mol. The molecule has 0 amide bonds. The van der Waals surface area contributed by atoms with Crippen molar-refractivity contribution in [1.29, 1.82) is 0 Å². The molecule has 94 valence electrons. The Morgan fingerprint density at radius 1 is 0.667 bits per heavy atom. The van der Waals surface area contributed by atoms with Gasteiger partial charge in [-0.05, 0) is 12.1 Å². The summed E-state index contributed by atoms with van der Waals surface area (Å²) in [4.78, 5) is 0. The van der Waals surface area contributed by atoms with Crippen LogP contribution in [0.1, 0.15) is 23.3 Å². The number of hydrogen-bond donors (Lipinski definition) is 2. The van der Waals surface area contributed by atoms with E-state index in [4.69, 9.17) is 0 Å². The normalized spacial score (nSPS) is 14.2. The average molecular weight is 250 g/mol. The quantitative estimate of drug-likeness (QED) is 0.879. The SMILES string of the molecule is OC(c1ccccc1F)C(O)c1ccccc1F. The molecule has 0 aliphatic rings. The number of halogens is 2. The number of aliphatic hydroxyl groups excluding tert-OH is 2. The van der Waals surface area contributed by atoms with E-state index in [9.17, 15) is 19.0 Å². The van der Waals surface area contributed by atoms with Crippen LogP contribution in [0.3, 0.4) is 0 Å². The molecule has 2 rings (SSSR count). The fraction of sp³-hybridized carbons (Fsp3) is 0.143. The predicted octanol–water partition coefficient (Wildman–Crippen LogP) is 2.73. The van der Waals surface area contributed by atoms with E-state index in [0.29, 0.717) is 0 Å². The van der Waals surface area contributed by atoms with E-state index in [1.165, 1.54) is 48.5 Å². The van der Waals surface area contributed by atoms with Crippen molar-refractivity contribution in [2.75, 3.05) is 0 Å². The molecule has 0 bridgehead atoms. The highest BCUT2D eigenvalue weighted by molar-refractivity contribution is 5.26. The van der Waals surface area contributed by atoms with Crippen LogP contribution >= 0.6 is 0 Å². The molecule has 2 nitrogen and oxygen atoms in total. The molecule has 0 aromatic heterocycles. The first kappa shape index (κ1) is 12.7. The first-order valence-electron chi connectivity index (χ1n) is 5.46. The third kappa shape index (κ3) is 2.39. The highest BCUT2D eigenvalue weighted by Crippen LogP contribution is 2.31. The molecule has 0 aliphatic carbocycles. The largest absolute Gasteiger partial charge is 0.385 e. The Hall–Kier alpha value is -1.78. The van der Waals surface area contributed by atoms with Gasteiger partial charge in [0.25, 0.3) is 0 Å². The summed E-state index contributed by atoms with van der Waals surface area (Å²) in [6, 6.07) is 11.1. The monoisotopic (exact) mass is 250 g/mol. The Morgan fingerprint density at radius 2 is 1.00 bits per heavy atom. The summed E-state index contributed by atoms with van der Waals surface area (Å²) in [5, 5.41) is 19.8. The molecule has 0 heterocycles. The van der Waals surface area contributed by atoms with Crippen molar-refractivity contribution >= 4 is 0 Å². The maximum atomic E-state index is 13.5. The highest BCUT2D eigenvalue weighted by Gasteiger charge is 2.24. The van der Waals surface area contributed by atoms with Gasteiger partial charge >= 0.3 is 0 Å². The van der Waals surface area contributed by atoms with Crippen molar-refractivity contribution in [2.24, 2.45) is 0 Å². The number of hydrogen-bond acceptors (Lipinski definition) is 2. The van der Waals surface area contributed by atoms with Crippen LogP contribution in [0.5, 0.6) is 0 Å². The van der Waals surface area contributed by atoms with E-state index in [-0.39, 0.29) is 11.1 Å². The van der Waals surface area contributed by atoms with Crippen LogP contribution in [-0.2, 0) is 0 Å². The van der Waals surface area contributed by atoms with Crippen molar-refractivity contribution in [3.63, 3.8) is 0 Å². The molecular weight excluding hydrogens is 238 g/mol. The van der Waals surface area contributed by atoms with E-state index in [2.05, 4.69) is 0 Å². The van der Waals surface area contributed by atoms with Crippen LogP contribution in [0, 0.1) is 11.6 Å². The lowest BCUT2D eigenvalue weighted by Gasteiger charge is -2.19. The van der Waals surface area contributed by atoms with Crippen LogP contribution in [0.15, 0.2) is 48.5 Å². The lowest BCUT2D eigenvalue weighted by atomic mass is 9.97. The summed E-state index contributed by atoms with van der Waals surface area (Å²) in [6.07, 6.45) is -3.02. The van der Waals surface area contributed by atoms with Gasteiger partial charge in [0.15, 0.2) is 0 Å². The van der Waals surface area contributed by atoms with Crippen LogP contribution < -0.4 is 0 Å². The van der Waals surface area contributed by atoms with Crippen LogP contribution in [0.2, 0.25) is 0 Å². The maximum Gasteiger partial charge on any atom is 0.129 e. The molecule has 0 saturated carbocycles. The molecule has 18 heavy (non-hydrogen) atoms. The molecule has 2 unspecified atom stereocenters. The maximum absolute atomic E-state index is 13.5. The third-order valence-corrected chi connectivity index (χ3v) is 2.75. The second-order valence-corrected chi connectivity index (χ2v) is 3.93. The second-order valence-electron chi connectivity index (χ2n) is 3.93. The summed E-state index contributed by atoms with van der Waals surface area (Å²) in [7, 11) is 0. The van der Waals surface area contributed by atoms with Crippen LogP contribution in [-0.4, -0.2) is 10.2 Å². The smallest absolute Gasteiger partial charge is 0.129 e. The Kier molecular flexibility index (Phi) is 3.69. The fourth-order valence-corrected chi connectivity index (χ4v) is 1.77. The molecular formula is C14H12F2O2. The summed E-state index contributed by atoms with van der Waals surface area (Å²) >= 11 is 0. The number of rotatable bonds is 3. The van der Waals surface area contributed by atoms with E-state index in [0.717, 1.165) is 0 Å². The molecule has 0 saturated heterocycles. The van der Waals surface area contributed by atoms with Crippen molar-refractivity contribution in [2.45, 2.75) is 12.2 Å². The van der Waals surface area contributed by atoms with Gasteiger partial charge < -0.3 is 10.2 Å². The van der Waals surface area contributed by atoms with Gasteiger partial charge in [0.05, 0.1) is 0 Å². The van der Waals surface area contributed by atoms with Gasteiger partial charge in [-0.2, -0.15) is 0 Å². The van der Waals surface area contributed by atoms with Crippen LogP contribution in [0.4, 0.5) is 8.78 Å².